The maximum atomic E-state index is 4.56. The summed E-state index contributed by atoms with van der Waals surface area (Å²) in [5.41, 5.74) is 7.30. The van der Waals surface area contributed by atoms with Gasteiger partial charge in [0.15, 0.2) is 0 Å². The largest absolute Gasteiger partial charge is 0.373 e. The van der Waals surface area contributed by atoms with Crippen LogP contribution in [0.2, 0.25) is 0 Å². The van der Waals surface area contributed by atoms with Crippen LogP contribution in [0.15, 0.2) is 18.5 Å². The van der Waals surface area contributed by atoms with Gasteiger partial charge in [-0.25, -0.2) is 9.97 Å². The number of hydrogen-bond donors (Lipinski definition) is 1. The average Bonchev–Trinajstić information content (AvgIpc) is 2.41. The van der Waals surface area contributed by atoms with Gasteiger partial charge < -0.3 is 5.32 Å². The van der Waals surface area contributed by atoms with E-state index in [0.29, 0.717) is 5.92 Å². The molecule has 0 radical (unpaired) electrons. The van der Waals surface area contributed by atoms with Crippen LogP contribution >= 0.6 is 0 Å². The van der Waals surface area contributed by atoms with Gasteiger partial charge >= 0.3 is 0 Å². The second-order valence-corrected chi connectivity index (χ2v) is 5.64. The third-order valence-corrected chi connectivity index (χ3v) is 3.79. The van der Waals surface area contributed by atoms with E-state index in [2.05, 4.69) is 62.0 Å². The molecule has 0 unspecified atom stereocenters. The SMILES string of the molecule is CNc1ncnc(-c2cc(C)c(C)cc2C)c1C(C)C. The van der Waals surface area contributed by atoms with E-state index >= 15 is 0 Å². The molecule has 2 aromatic rings. The van der Waals surface area contributed by atoms with Crippen LogP contribution in [0.4, 0.5) is 5.82 Å². The van der Waals surface area contributed by atoms with E-state index < -0.39 is 0 Å². The van der Waals surface area contributed by atoms with Crippen LogP contribution in [0.1, 0.15) is 42.0 Å². The van der Waals surface area contributed by atoms with Crippen LogP contribution in [-0.4, -0.2) is 17.0 Å². The maximum Gasteiger partial charge on any atom is 0.133 e. The van der Waals surface area contributed by atoms with Gasteiger partial charge in [0, 0.05) is 18.2 Å². The lowest BCUT2D eigenvalue weighted by molar-refractivity contribution is 0.851. The minimum Gasteiger partial charge on any atom is -0.373 e. The average molecular weight is 269 g/mol. The zero-order valence-electron chi connectivity index (χ0n) is 13.2. The first kappa shape index (κ1) is 14.5. The van der Waals surface area contributed by atoms with E-state index in [1.54, 1.807) is 6.33 Å². The van der Waals surface area contributed by atoms with Crippen molar-refractivity contribution >= 4 is 5.82 Å². The fourth-order valence-corrected chi connectivity index (χ4v) is 2.57. The molecule has 3 nitrogen and oxygen atoms in total. The Morgan fingerprint density at radius 1 is 0.950 bits per heavy atom. The predicted molar refractivity (Wildman–Crippen MR) is 85.3 cm³/mol. The molecule has 0 bridgehead atoms. The standard InChI is InChI=1S/C17H23N3/c1-10(2)15-16(19-9-20-17(15)18-6)14-8-12(4)11(3)7-13(14)5/h7-10H,1-6H3,(H,18,19,20). The van der Waals surface area contributed by atoms with Gasteiger partial charge in [0.05, 0.1) is 5.69 Å². The van der Waals surface area contributed by atoms with Crippen molar-refractivity contribution in [2.75, 3.05) is 12.4 Å². The Kier molecular flexibility index (Phi) is 4.07. The Morgan fingerprint density at radius 2 is 1.60 bits per heavy atom. The molecule has 0 fully saturated rings. The number of nitrogens with zero attached hydrogens (tertiary/aromatic N) is 2. The van der Waals surface area contributed by atoms with Gasteiger partial charge in [-0.05, 0) is 49.4 Å². The molecule has 0 atom stereocenters. The second-order valence-electron chi connectivity index (χ2n) is 5.64. The summed E-state index contributed by atoms with van der Waals surface area (Å²) >= 11 is 0. The summed E-state index contributed by atoms with van der Waals surface area (Å²) in [6, 6.07) is 4.47. The summed E-state index contributed by atoms with van der Waals surface area (Å²) in [6.07, 6.45) is 1.64. The van der Waals surface area contributed by atoms with E-state index in [1.165, 1.54) is 27.8 Å². The molecule has 0 spiro atoms. The molecule has 1 aromatic heterocycles. The minimum absolute atomic E-state index is 0.370. The quantitative estimate of drug-likeness (QED) is 0.906. The molecule has 0 aliphatic carbocycles. The van der Waals surface area contributed by atoms with Gasteiger partial charge in [0.25, 0.3) is 0 Å². The number of hydrogen-bond acceptors (Lipinski definition) is 3. The fraction of sp³-hybridized carbons (Fsp3) is 0.412. The second kappa shape index (κ2) is 5.61. The van der Waals surface area contributed by atoms with Crippen molar-refractivity contribution in [3.8, 4) is 11.3 Å². The zero-order valence-corrected chi connectivity index (χ0v) is 13.2. The van der Waals surface area contributed by atoms with Crippen LogP contribution < -0.4 is 5.32 Å². The van der Waals surface area contributed by atoms with Crippen molar-refractivity contribution < 1.29 is 0 Å². The van der Waals surface area contributed by atoms with E-state index in [4.69, 9.17) is 0 Å². The third kappa shape index (κ3) is 2.53. The van der Waals surface area contributed by atoms with Gasteiger partial charge in [0.1, 0.15) is 12.1 Å². The number of benzene rings is 1. The van der Waals surface area contributed by atoms with Crippen molar-refractivity contribution in [3.63, 3.8) is 0 Å². The maximum absolute atomic E-state index is 4.56. The van der Waals surface area contributed by atoms with Crippen molar-refractivity contribution in [2.24, 2.45) is 0 Å². The molecule has 0 amide bonds. The summed E-state index contributed by atoms with van der Waals surface area (Å²) < 4.78 is 0. The number of anilines is 1. The highest BCUT2D eigenvalue weighted by Gasteiger charge is 2.17. The number of rotatable bonds is 3. The molecule has 0 aliphatic rings. The van der Waals surface area contributed by atoms with Crippen LogP contribution in [-0.2, 0) is 0 Å². The van der Waals surface area contributed by atoms with E-state index in [1.807, 2.05) is 7.05 Å². The molecule has 106 valence electrons. The highest BCUT2D eigenvalue weighted by Crippen LogP contribution is 2.34. The van der Waals surface area contributed by atoms with Gasteiger partial charge in [-0.1, -0.05) is 19.9 Å². The number of aromatic nitrogens is 2. The number of aryl methyl sites for hydroxylation is 3. The molecule has 20 heavy (non-hydrogen) atoms. The summed E-state index contributed by atoms with van der Waals surface area (Å²) in [7, 11) is 1.91. The molecule has 1 aromatic carbocycles. The Hall–Kier alpha value is -1.90. The summed E-state index contributed by atoms with van der Waals surface area (Å²) in [5.74, 6) is 1.29. The fourth-order valence-electron chi connectivity index (χ4n) is 2.57. The highest BCUT2D eigenvalue weighted by molar-refractivity contribution is 5.72. The Balaban J connectivity index is 2.73. The molecule has 0 aliphatic heterocycles. The van der Waals surface area contributed by atoms with Gasteiger partial charge in [0.2, 0.25) is 0 Å². The molecular weight excluding hydrogens is 246 g/mol. The lowest BCUT2D eigenvalue weighted by Crippen LogP contribution is -2.05. The van der Waals surface area contributed by atoms with Crippen molar-refractivity contribution in [1.29, 1.82) is 0 Å². The number of nitrogens with one attached hydrogen (secondary N) is 1. The molecule has 2 rings (SSSR count). The lowest BCUT2D eigenvalue weighted by atomic mass is 9.92. The van der Waals surface area contributed by atoms with Crippen LogP contribution in [0.3, 0.4) is 0 Å². The van der Waals surface area contributed by atoms with Gasteiger partial charge in [-0.3, -0.25) is 0 Å². The van der Waals surface area contributed by atoms with Crippen molar-refractivity contribution in [3.05, 3.63) is 40.7 Å². The molecule has 0 saturated heterocycles. The highest BCUT2D eigenvalue weighted by atomic mass is 15.0. The van der Waals surface area contributed by atoms with Crippen LogP contribution in [0.5, 0.6) is 0 Å². The lowest BCUT2D eigenvalue weighted by Gasteiger charge is -2.18. The zero-order chi connectivity index (χ0) is 14.9. The molecule has 0 saturated carbocycles. The predicted octanol–water partition coefficient (Wildman–Crippen LogP) is 4.23. The summed E-state index contributed by atoms with van der Waals surface area (Å²) in [4.78, 5) is 8.91. The van der Waals surface area contributed by atoms with Crippen molar-refractivity contribution in [1.82, 2.24) is 9.97 Å². The summed E-state index contributed by atoms with van der Waals surface area (Å²) in [6.45, 7) is 10.8. The first-order valence-corrected chi connectivity index (χ1v) is 7.06. The molecular formula is C17H23N3. The van der Waals surface area contributed by atoms with E-state index in [0.717, 1.165) is 11.5 Å². The van der Waals surface area contributed by atoms with E-state index in [-0.39, 0.29) is 0 Å². The minimum atomic E-state index is 0.370. The normalized spacial score (nSPS) is 10.9. The molecule has 1 heterocycles. The smallest absolute Gasteiger partial charge is 0.133 e. The first-order valence-electron chi connectivity index (χ1n) is 7.06. The Morgan fingerprint density at radius 3 is 2.20 bits per heavy atom. The summed E-state index contributed by atoms with van der Waals surface area (Å²) in [5, 5.41) is 3.18. The van der Waals surface area contributed by atoms with Crippen molar-refractivity contribution in [2.45, 2.75) is 40.5 Å². The van der Waals surface area contributed by atoms with Gasteiger partial charge in [-0.15, -0.1) is 0 Å². The molecule has 1 N–H and O–H groups in total. The monoisotopic (exact) mass is 269 g/mol. The van der Waals surface area contributed by atoms with Crippen LogP contribution in [0.25, 0.3) is 11.3 Å². The topological polar surface area (TPSA) is 37.8 Å². The van der Waals surface area contributed by atoms with Crippen LogP contribution in [0, 0.1) is 20.8 Å². The first-order chi connectivity index (χ1) is 9.45. The van der Waals surface area contributed by atoms with Gasteiger partial charge in [-0.2, -0.15) is 0 Å². The molecule has 3 heteroatoms. The van der Waals surface area contributed by atoms with E-state index in [9.17, 15) is 0 Å². The Labute approximate surface area is 121 Å². The third-order valence-electron chi connectivity index (χ3n) is 3.79. The Bertz CT molecular complexity index is 630.